The number of carbonyl (C=O) groups excluding carboxylic acids is 1. The number of fused-ring (bicyclic) bond motifs is 1. The number of hydrogen-bond donors (Lipinski definition) is 2. The van der Waals surface area contributed by atoms with Gasteiger partial charge >= 0.3 is 0 Å². The van der Waals surface area contributed by atoms with E-state index in [1.807, 2.05) is 4.90 Å². The average molecular weight is 435 g/mol. The van der Waals surface area contributed by atoms with Crippen LogP contribution < -0.4 is 15.4 Å². The third-order valence-electron chi connectivity index (χ3n) is 6.43. The molecule has 1 amide bonds. The van der Waals surface area contributed by atoms with Gasteiger partial charge in [-0.2, -0.15) is 0 Å². The van der Waals surface area contributed by atoms with E-state index in [4.69, 9.17) is 4.74 Å². The summed E-state index contributed by atoms with van der Waals surface area (Å²) in [7, 11) is 1.74. The molecule has 0 radical (unpaired) electrons. The van der Waals surface area contributed by atoms with Crippen LogP contribution in [0.3, 0.4) is 0 Å². The molecule has 6 nitrogen and oxygen atoms in total. The average Bonchev–Trinajstić information content (AvgIpc) is 3.30. The molecule has 2 aromatic rings. The van der Waals surface area contributed by atoms with Crippen LogP contribution >= 0.6 is 0 Å². The highest BCUT2D eigenvalue weighted by atomic mass is 16.5. The molecule has 0 spiro atoms. The zero-order chi connectivity index (χ0) is 22.2. The summed E-state index contributed by atoms with van der Waals surface area (Å²) in [5.41, 5.74) is 3.97. The maximum atomic E-state index is 12.7. The lowest BCUT2D eigenvalue weighted by atomic mass is 9.90. The van der Waals surface area contributed by atoms with Crippen LogP contribution in [0.5, 0.6) is 5.75 Å². The van der Waals surface area contributed by atoms with E-state index in [1.165, 1.54) is 16.7 Å². The standard InChI is InChI=1S/C26H34N4O2/c1-27-26(28-13-9-21-7-8-24-23(18-21)12-16-32-24)29-19-25(31)30-14-10-22(11-15-30)17-20-5-3-2-4-6-20/h2-8,18,22H,9-17,19H2,1H3,(H2,27,28,29). The van der Waals surface area contributed by atoms with Crippen molar-refractivity contribution < 1.29 is 9.53 Å². The van der Waals surface area contributed by atoms with E-state index in [-0.39, 0.29) is 12.5 Å². The molecular weight excluding hydrogens is 400 g/mol. The quantitative estimate of drug-likeness (QED) is 0.520. The molecule has 2 aliphatic rings. The normalized spacial score (nSPS) is 16.4. The maximum absolute atomic E-state index is 12.7. The lowest BCUT2D eigenvalue weighted by molar-refractivity contribution is -0.131. The number of hydrogen-bond acceptors (Lipinski definition) is 3. The van der Waals surface area contributed by atoms with Gasteiger partial charge in [-0.05, 0) is 54.4 Å². The Balaban J connectivity index is 1.14. The predicted molar refractivity (Wildman–Crippen MR) is 128 cm³/mol. The molecule has 2 aromatic carbocycles. The maximum Gasteiger partial charge on any atom is 0.241 e. The predicted octanol–water partition coefficient (Wildman–Crippen LogP) is 2.81. The summed E-state index contributed by atoms with van der Waals surface area (Å²) in [5.74, 6) is 2.49. The van der Waals surface area contributed by atoms with Gasteiger partial charge < -0.3 is 20.3 Å². The Hall–Kier alpha value is -3.02. The molecule has 2 N–H and O–H groups in total. The molecule has 1 saturated heterocycles. The number of guanidine groups is 1. The number of likely N-dealkylation sites (tertiary alicyclic amines) is 1. The Labute approximate surface area is 191 Å². The fourth-order valence-corrected chi connectivity index (χ4v) is 4.55. The number of nitrogens with zero attached hydrogens (tertiary/aromatic N) is 2. The van der Waals surface area contributed by atoms with E-state index in [0.29, 0.717) is 11.9 Å². The molecule has 0 aromatic heterocycles. The smallest absolute Gasteiger partial charge is 0.241 e. The highest BCUT2D eigenvalue weighted by molar-refractivity contribution is 5.86. The minimum Gasteiger partial charge on any atom is -0.493 e. The molecular formula is C26H34N4O2. The van der Waals surface area contributed by atoms with E-state index in [1.54, 1.807) is 7.05 Å². The van der Waals surface area contributed by atoms with Gasteiger partial charge in [0.05, 0.1) is 13.2 Å². The first-order chi connectivity index (χ1) is 15.7. The molecule has 170 valence electrons. The summed E-state index contributed by atoms with van der Waals surface area (Å²) in [4.78, 5) is 18.9. The van der Waals surface area contributed by atoms with Gasteiger partial charge in [0, 0.05) is 33.1 Å². The van der Waals surface area contributed by atoms with Gasteiger partial charge in [0.1, 0.15) is 5.75 Å². The molecule has 0 bridgehead atoms. The van der Waals surface area contributed by atoms with Crippen LogP contribution in [0.2, 0.25) is 0 Å². The molecule has 1 fully saturated rings. The van der Waals surface area contributed by atoms with Gasteiger partial charge in [0.2, 0.25) is 5.91 Å². The molecule has 2 heterocycles. The lowest BCUT2D eigenvalue weighted by Gasteiger charge is -2.32. The van der Waals surface area contributed by atoms with Gasteiger partial charge in [-0.25, -0.2) is 0 Å². The van der Waals surface area contributed by atoms with Crippen molar-refractivity contribution in [1.29, 1.82) is 0 Å². The van der Waals surface area contributed by atoms with Crippen molar-refractivity contribution in [2.75, 3.05) is 39.8 Å². The molecule has 6 heteroatoms. The van der Waals surface area contributed by atoms with Crippen LogP contribution in [0.15, 0.2) is 53.5 Å². The fraction of sp³-hybridized carbons (Fsp3) is 0.462. The number of carbonyl (C=O) groups is 1. The van der Waals surface area contributed by atoms with Crippen LogP contribution in [-0.4, -0.2) is 56.6 Å². The number of piperidine rings is 1. The fourth-order valence-electron chi connectivity index (χ4n) is 4.55. The Bertz CT molecular complexity index is 921. The molecule has 0 unspecified atom stereocenters. The monoisotopic (exact) mass is 434 g/mol. The first-order valence-electron chi connectivity index (χ1n) is 11.7. The molecule has 0 aliphatic carbocycles. The van der Waals surface area contributed by atoms with Crippen molar-refractivity contribution in [3.63, 3.8) is 0 Å². The van der Waals surface area contributed by atoms with Gasteiger partial charge in [-0.1, -0.05) is 42.5 Å². The SMILES string of the molecule is CN=C(NCCc1ccc2c(c1)CCO2)NCC(=O)N1CCC(Cc2ccccc2)CC1. The van der Waals surface area contributed by atoms with Crippen LogP contribution in [0.1, 0.15) is 29.5 Å². The number of nitrogens with one attached hydrogen (secondary N) is 2. The summed E-state index contributed by atoms with van der Waals surface area (Å²) in [6.45, 7) is 3.50. The van der Waals surface area contributed by atoms with E-state index >= 15 is 0 Å². The van der Waals surface area contributed by atoms with Crippen molar-refractivity contribution >= 4 is 11.9 Å². The van der Waals surface area contributed by atoms with Gasteiger partial charge in [-0.15, -0.1) is 0 Å². The van der Waals surface area contributed by atoms with Crippen LogP contribution in [0.25, 0.3) is 0 Å². The zero-order valence-electron chi connectivity index (χ0n) is 19.0. The molecule has 4 rings (SSSR count). The summed E-state index contributed by atoms with van der Waals surface area (Å²) in [6.07, 6.45) is 5.13. The summed E-state index contributed by atoms with van der Waals surface area (Å²) in [6, 6.07) is 17.0. The van der Waals surface area contributed by atoms with E-state index in [9.17, 15) is 4.79 Å². The van der Waals surface area contributed by atoms with Gasteiger partial charge in [0.25, 0.3) is 0 Å². The second kappa shape index (κ2) is 11.0. The van der Waals surface area contributed by atoms with Crippen molar-refractivity contribution in [2.45, 2.75) is 32.1 Å². The number of ether oxygens (including phenoxy) is 1. The summed E-state index contributed by atoms with van der Waals surface area (Å²) in [5, 5.41) is 6.49. The largest absolute Gasteiger partial charge is 0.493 e. The van der Waals surface area contributed by atoms with Crippen LogP contribution in [0.4, 0.5) is 0 Å². The summed E-state index contributed by atoms with van der Waals surface area (Å²) < 4.78 is 5.57. The first-order valence-corrected chi connectivity index (χ1v) is 11.7. The van der Waals surface area contributed by atoms with Crippen molar-refractivity contribution in [1.82, 2.24) is 15.5 Å². The Morgan fingerprint density at radius 2 is 1.91 bits per heavy atom. The minimum atomic E-state index is 0.143. The third-order valence-corrected chi connectivity index (χ3v) is 6.43. The Kier molecular flexibility index (Phi) is 7.64. The van der Waals surface area contributed by atoms with E-state index in [0.717, 1.165) is 64.1 Å². The van der Waals surface area contributed by atoms with Crippen LogP contribution in [0, 0.1) is 5.92 Å². The number of benzene rings is 2. The van der Waals surface area contributed by atoms with E-state index in [2.05, 4.69) is 64.2 Å². The number of amides is 1. The summed E-state index contributed by atoms with van der Waals surface area (Å²) >= 11 is 0. The molecule has 0 saturated carbocycles. The zero-order valence-corrected chi connectivity index (χ0v) is 19.0. The van der Waals surface area contributed by atoms with Gasteiger partial charge in [-0.3, -0.25) is 9.79 Å². The van der Waals surface area contributed by atoms with Gasteiger partial charge in [0.15, 0.2) is 5.96 Å². The molecule has 2 aliphatic heterocycles. The highest BCUT2D eigenvalue weighted by Crippen LogP contribution is 2.26. The van der Waals surface area contributed by atoms with E-state index < -0.39 is 0 Å². The van der Waals surface area contributed by atoms with Crippen molar-refractivity contribution in [3.8, 4) is 5.75 Å². The topological polar surface area (TPSA) is 66.0 Å². The highest BCUT2D eigenvalue weighted by Gasteiger charge is 2.23. The van der Waals surface area contributed by atoms with Crippen molar-refractivity contribution in [2.24, 2.45) is 10.9 Å². The second-order valence-electron chi connectivity index (χ2n) is 8.66. The van der Waals surface area contributed by atoms with Crippen molar-refractivity contribution in [3.05, 3.63) is 65.2 Å². The third kappa shape index (κ3) is 6.02. The number of aliphatic imine (C=N–C) groups is 1. The lowest BCUT2D eigenvalue weighted by Crippen LogP contribution is -2.47. The first kappa shape index (κ1) is 22.2. The van der Waals surface area contributed by atoms with Crippen LogP contribution in [-0.2, 0) is 24.1 Å². The second-order valence-corrected chi connectivity index (χ2v) is 8.66. The Morgan fingerprint density at radius 1 is 1.09 bits per heavy atom. The molecule has 0 atom stereocenters. The Morgan fingerprint density at radius 3 is 2.69 bits per heavy atom. The number of rotatable bonds is 7. The minimum absolute atomic E-state index is 0.143. The molecule has 32 heavy (non-hydrogen) atoms.